The van der Waals surface area contributed by atoms with E-state index in [1.165, 1.54) is 5.56 Å². The molecule has 2 unspecified atom stereocenters. The van der Waals surface area contributed by atoms with Gasteiger partial charge >= 0.3 is 0 Å². The average molecular weight is 205 g/mol. The zero-order chi connectivity index (χ0) is 9.71. The first-order chi connectivity index (χ1) is 6.75. The summed E-state index contributed by atoms with van der Waals surface area (Å²) in [4.78, 5) is 10.3. The van der Waals surface area contributed by atoms with E-state index < -0.39 is 0 Å². The van der Waals surface area contributed by atoms with Gasteiger partial charge in [0, 0.05) is 22.6 Å². The maximum atomic E-state index is 10.6. The first-order valence-corrected chi connectivity index (χ1v) is 5.32. The van der Waals surface area contributed by atoms with Crippen molar-refractivity contribution in [3.8, 4) is 0 Å². The van der Waals surface area contributed by atoms with Gasteiger partial charge in [-0.25, -0.2) is 0 Å². The normalized spacial score (nSPS) is 26.6. The topological polar surface area (TPSA) is 43.1 Å². The molecular formula is C10H7NO2S. The third kappa shape index (κ3) is 0.944. The molecule has 3 rings (SSSR count). The van der Waals surface area contributed by atoms with Crippen LogP contribution < -0.4 is 0 Å². The highest BCUT2D eigenvalue weighted by molar-refractivity contribution is 8.00. The number of nitro groups is 1. The fourth-order valence-electron chi connectivity index (χ4n) is 1.99. The summed E-state index contributed by atoms with van der Waals surface area (Å²) in [6, 6.07) is 5.18. The number of benzene rings is 1. The number of fused-ring (bicyclic) bond motifs is 5. The molecule has 2 heterocycles. The third-order valence-corrected chi connectivity index (χ3v) is 4.06. The van der Waals surface area contributed by atoms with Crippen molar-refractivity contribution in [3.05, 3.63) is 51.6 Å². The molecule has 4 heteroatoms. The summed E-state index contributed by atoms with van der Waals surface area (Å²) in [5.41, 5.74) is 2.56. The fraction of sp³-hybridized carbons (Fsp3) is 0.200. The molecule has 2 aliphatic heterocycles. The molecule has 2 atom stereocenters. The van der Waals surface area contributed by atoms with Crippen LogP contribution >= 0.6 is 11.8 Å². The van der Waals surface area contributed by atoms with E-state index in [1.807, 2.05) is 17.8 Å². The molecule has 3 nitrogen and oxygen atoms in total. The van der Waals surface area contributed by atoms with Crippen molar-refractivity contribution in [2.75, 3.05) is 0 Å². The Kier molecular flexibility index (Phi) is 1.50. The summed E-state index contributed by atoms with van der Waals surface area (Å²) < 4.78 is 0. The van der Waals surface area contributed by atoms with Crippen LogP contribution in [0.2, 0.25) is 0 Å². The van der Waals surface area contributed by atoms with Gasteiger partial charge in [0.1, 0.15) is 0 Å². The predicted octanol–water partition coefficient (Wildman–Crippen LogP) is 2.99. The number of hydrogen-bond acceptors (Lipinski definition) is 3. The maximum absolute atomic E-state index is 10.6. The van der Waals surface area contributed by atoms with Gasteiger partial charge in [0.2, 0.25) is 0 Å². The molecule has 0 saturated carbocycles. The number of nitrogens with zero attached hydrogens (tertiary/aromatic N) is 1. The summed E-state index contributed by atoms with van der Waals surface area (Å²) in [7, 11) is 0. The zero-order valence-electron chi connectivity index (χ0n) is 7.21. The molecule has 0 N–H and O–H groups in total. The van der Waals surface area contributed by atoms with E-state index in [1.54, 1.807) is 12.1 Å². The fourth-order valence-corrected chi connectivity index (χ4v) is 3.38. The van der Waals surface area contributed by atoms with Gasteiger partial charge in [0.15, 0.2) is 0 Å². The Bertz CT molecular complexity index is 455. The number of non-ortho nitro benzene ring substituents is 1. The largest absolute Gasteiger partial charge is 0.269 e. The monoisotopic (exact) mass is 205 g/mol. The van der Waals surface area contributed by atoms with Crippen LogP contribution in [0.25, 0.3) is 0 Å². The van der Waals surface area contributed by atoms with Crippen LogP contribution in [0.15, 0.2) is 30.4 Å². The molecule has 0 spiro atoms. The minimum Gasteiger partial charge on any atom is -0.258 e. The second kappa shape index (κ2) is 2.60. The molecule has 2 bridgehead atoms. The highest BCUT2D eigenvalue weighted by Crippen LogP contribution is 2.57. The van der Waals surface area contributed by atoms with Crippen LogP contribution in [0, 0.1) is 10.1 Å². The number of thioether (sulfide) groups is 1. The van der Waals surface area contributed by atoms with E-state index in [9.17, 15) is 10.1 Å². The highest BCUT2D eigenvalue weighted by atomic mass is 32.2. The number of hydrogen-bond donors (Lipinski definition) is 0. The summed E-state index contributed by atoms with van der Waals surface area (Å²) in [5, 5.41) is 11.4. The molecule has 14 heavy (non-hydrogen) atoms. The average Bonchev–Trinajstić information content (AvgIpc) is 2.77. The van der Waals surface area contributed by atoms with Gasteiger partial charge in [-0.15, -0.1) is 11.8 Å². The van der Waals surface area contributed by atoms with Gasteiger partial charge < -0.3 is 0 Å². The summed E-state index contributed by atoms with van der Waals surface area (Å²) in [6.45, 7) is 0. The molecule has 0 fully saturated rings. The van der Waals surface area contributed by atoms with Crippen molar-refractivity contribution in [1.29, 1.82) is 0 Å². The quantitative estimate of drug-likeness (QED) is 0.402. The molecule has 1 aromatic rings. The lowest BCUT2D eigenvalue weighted by atomic mass is 9.96. The van der Waals surface area contributed by atoms with E-state index in [-0.39, 0.29) is 10.6 Å². The Hall–Kier alpha value is -1.29. The molecule has 0 aliphatic carbocycles. The van der Waals surface area contributed by atoms with Crippen molar-refractivity contribution >= 4 is 17.4 Å². The van der Waals surface area contributed by atoms with E-state index in [2.05, 4.69) is 12.2 Å². The lowest BCUT2D eigenvalue weighted by Crippen LogP contribution is -1.95. The van der Waals surface area contributed by atoms with Crippen LogP contribution in [-0.4, -0.2) is 4.92 Å². The smallest absolute Gasteiger partial charge is 0.258 e. The second-order valence-corrected chi connectivity index (χ2v) is 4.72. The second-order valence-electron chi connectivity index (χ2n) is 3.43. The summed E-state index contributed by atoms with van der Waals surface area (Å²) in [6.07, 6.45) is 4.30. The van der Waals surface area contributed by atoms with Crippen molar-refractivity contribution in [2.45, 2.75) is 10.5 Å². The molecule has 0 aromatic heterocycles. The van der Waals surface area contributed by atoms with Gasteiger partial charge in [0.25, 0.3) is 5.69 Å². The molecule has 1 aromatic carbocycles. The first kappa shape index (κ1) is 8.05. The Balaban J connectivity index is 2.15. The Morgan fingerprint density at radius 3 is 2.64 bits per heavy atom. The molecule has 70 valence electrons. The lowest BCUT2D eigenvalue weighted by Gasteiger charge is -2.07. The lowest BCUT2D eigenvalue weighted by molar-refractivity contribution is -0.384. The van der Waals surface area contributed by atoms with Crippen LogP contribution in [0.5, 0.6) is 0 Å². The van der Waals surface area contributed by atoms with Crippen LogP contribution in [0.3, 0.4) is 0 Å². The number of rotatable bonds is 1. The van der Waals surface area contributed by atoms with Gasteiger partial charge in [-0.2, -0.15) is 0 Å². The predicted molar refractivity (Wildman–Crippen MR) is 55.3 cm³/mol. The molecule has 0 saturated heterocycles. The molecule has 2 aliphatic rings. The third-order valence-electron chi connectivity index (χ3n) is 2.65. The summed E-state index contributed by atoms with van der Waals surface area (Å²) in [5.74, 6) is 0. The minimum absolute atomic E-state index is 0.199. The Morgan fingerprint density at radius 2 is 1.93 bits per heavy atom. The molecular weight excluding hydrogens is 198 g/mol. The van der Waals surface area contributed by atoms with Crippen LogP contribution in [0.4, 0.5) is 5.69 Å². The Labute approximate surface area is 85.0 Å². The van der Waals surface area contributed by atoms with Gasteiger partial charge in [-0.1, -0.05) is 18.2 Å². The SMILES string of the molecule is O=[N+]([O-])c1ccc2c(c1)C1C=CC2S1. The van der Waals surface area contributed by atoms with Crippen molar-refractivity contribution < 1.29 is 4.92 Å². The van der Waals surface area contributed by atoms with E-state index in [4.69, 9.17) is 0 Å². The van der Waals surface area contributed by atoms with Gasteiger partial charge in [0.05, 0.1) is 4.92 Å². The minimum atomic E-state index is -0.333. The zero-order valence-corrected chi connectivity index (χ0v) is 8.03. The van der Waals surface area contributed by atoms with E-state index in [0.717, 1.165) is 5.56 Å². The van der Waals surface area contributed by atoms with Crippen molar-refractivity contribution in [2.24, 2.45) is 0 Å². The van der Waals surface area contributed by atoms with Gasteiger partial charge in [-0.05, 0) is 11.1 Å². The number of nitro benzene ring substituents is 1. The standard InChI is InChI=1S/C10H7NO2S/c12-11(13)6-1-2-7-8(5-6)10-4-3-9(7)14-10/h1-5,9-10H. The van der Waals surface area contributed by atoms with Crippen LogP contribution in [0.1, 0.15) is 21.6 Å². The van der Waals surface area contributed by atoms with E-state index >= 15 is 0 Å². The van der Waals surface area contributed by atoms with Crippen molar-refractivity contribution in [1.82, 2.24) is 0 Å². The highest BCUT2D eigenvalue weighted by Gasteiger charge is 2.34. The summed E-state index contributed by atoms with van der Waals surface area (Å²) >= 11 is 1.85. The van der Waals surface area contributed by atoms with E-state index in [0.29, 0.717) is 10.5 Å². The first-order valence-electron chi connectivity index (χ1n) is 4.38. The van der Waals surface area contributed by atoms with Crippen LogP contribution in [-0.2, 0) is 0 Å². The van der Waals surface area contributed by atoms with Gasteiger partial charge in [-0.3, -0.25) is 10.1 Å². The maximum Gasteiger partial charge on any atom is 0.269 e. The molecule has 0 amide bonds. The molecule has 0 radical (unpaired) electrons. The van der Waals surface area contributed by atoms with Crippen molar-refractivity contribution in [3.63, 3.8) is 0 Å². The Morgan fingerprint density at radius 1 is 1.21 bits per heavy atom.